The van der Waals surface area contributed by atoms with Crippen molar-refractivity contribution in [3.05, 3.63) is 58.3 Å². The Kier molecular flexibility index (Phi) is 4.74. The van der Waals surface area contributed by atoms with Crippen molar-refractivity contribution >= 4 is 27.6 Å². The number of anilines is 1. The lowest BCUT2D eigenvalue weighted by molar-refractivity contribution is 0.0697. The van der Waals surface area contributed by atoms with Crippen molar-refractivity contribution in [3.8, 4) is 0 Å². The first-order chi connectivity index (χ1) is 9.61. The van der Waals surface area contributed by atoms with E-state index in [0.717, 1.165) is 10.2 Å². The molecule has 0 aliphatic carbocycles. The maximum atomic E-state index is 11.4. The standard InChI is InChI=1S/C15H15BrN2O2/c1-2-18(10-12-5-3-4-8-17-12)14-7-6-11(16)9-13(14)15(19)20/h3-9H,2,10H2,1H3,(H,19,20). The van der Waals surface area contributed by atoms with E-state index < -0.39 is 5.97 Å². The third-order valence-electron chi connectivity index (χ3n) is 2.99. The SMILES string of the molecule is CCN(Cc1ccccn1)c1ccc(Br)cc1C(=O)O. The maximum absolute atomic E-state index is 11.4. The van der Waals surface area contributed by atoms with Crippen LogP contribution in [0.3, 0.4) is 0 Å². The Morgan fingerprint density at radius 3 is 2.75 bits per heavy atom. The van der Waals surface area contributed by atoms with Gasteiger partial charge < -0.3 is 10.0 Å². The average Bonchev–Trinajstić information content (AvgIpc) is 2.46. The molecule has 0 aliphatic heterocycles. The van der Waals surface area contributed by atoms with Crippen molar-refractivity contribution in [2.24, 2.45) is 0 Å². The van der Waals surface area contributed by atoms with Crippen LogP contribution < -0.4 is 4.90 Å². The maximum Gasteiger partial charge on any atom is 0.337 e. The van der Waals surface area contributed by atoms with Crippen LogP contribution in [-0.2, 0) is 6.54 Å². The van der Waals surface area contributed by atoms with Crippen LogP contribution in [0.2, 0.25) is 0 Å². The second-order valence-electron chi connectivity index (χ2n) is 4.30. The number of aromatic nitrogens is 1. The van der Waals surface area contributed by atoms with Gasteiger partial charge in [0.1, 0.15) is 0 Å². The largest absolute Gasteiger partial charge is 0.478 e. The van der Waals surface area contributed by atoms with Gasteiger partial charge in [-0.3, -0.25) is 4.98 Å². The smallest absolute Gasteiger partial charge is 0.337 e. The van der Waals surface area contributed by atoms with E-state index in [1.54, 1.807) is 12.3 Å². The van der Waals surface area contributed by atoms with Gasteiger partial charge in [0.05, 0.1) is 23.5 Å². The van der Waals surface area contributed by atoms with Crippen molar-refractivity contribution < 1.29 is 9.90 Å². The number of benzene rings is 1. The third-order valence-corrected chi connectivity index (χ3v) is 3.48. The number of carboxylic acid groups (broad SMARTS) is 1. The Balaban J connectivity index is 2.34. The number of aromatic carboxylic acids is 1. The minimum atomic E-state index is -0.930. The molecule has 104 valence electrons. The second kappa shape index (κ2) is 6.52. The third kappa shape index (κ3) is 3.36. The van der Waals surface area contributed by atoms with E-state index >= 15 is 0 Å². The quantitative estimate of drug-likeness (QED) is 0.908. The van der Waals surface area contributed by atoms with Crippen LogP contribution in [-0.4, -0.2) is 22.6 Å². The zero-order valence-electron chi connectivity index (χ0n) is 11.1. The van der Waals surface area contributed by atoms with Gasteiger partial charge in [-0.15, -0.1) is 0 Å². The molecule has 2 aromatic rings. The first-order valence-electron chi connectivity index (χ1n) is 6.29. The Hall–Kier alpha value is -1.88. The molecule has 0 radical (unpaired) electrons. The summed E-state index contributed by atoms with van der Waals surface area (Å²) in [4.78, 5) is 17.7. The Morgan fingerprint density at radius 2 is 2.15 bits per heavy atom. The van der Waals surface area contributed by atoms with Gasteiger partial charge in [0.15, 0.2) is 0 Å². The van der Waals surface area contributed by atoms with Crippen molar-refractivity contribution in [1.82, 2.24) is 4.98 Å². The van der Waals surface area contributed by atoms with Crippen LogP contribution >= 0.6 is 15.9 Å². The Labute approximate surface area is 126 Å². The number of carboxylic acids is 1. The summed E-state index contributed by atoms with van der Waals surface area (Å²) in [6.45, 7) is 3.29. The monoisotopic (exact) mass is 334 g/mol. The lowest BCUT2D eigenvalue weighted by Crippen LogP contribution is -2.24. The molecule has 1 heterocycles. The molecule has 5 heteroatoms. The summed E-state index contributed by atoms with van der Waals surface area (Å²) in [5, 5.41) is 9.34. The van der Waals surface area contributed by atoms with Crippen molar-refractivity contribution in [2.45, 2.75) is 13.5 Å². The first-order valence-corrected chi connectivity index (χ1v) is 7.08. The van der Waals surface area contributed by atoms with Crippen LogP contribution in [0.5, 0.6) is 0 Å². The number of hydrogen-bond acceptors (Lipinski definition) is 3. The first kappa shape index (κ1) is 14.5. The van der Waals surface area contributed by atoms with Crippen molar-refractivity contribution in [1.29, 1.82) is 0 Å². The summed E-state index contributed by atoms with van der Waals surface area (Å²) >= 11 is 3.31. The fourth-order valence-corrected chi connectivity index (χ4v) is 2.37. The van der Waals surface area contributed by atoms with Crippen LogP contribution in [0.1, 0.15) is 23.0 Å². The van der Waals surface area contributed by atoms with Gasteiger partial charge in [-0.25, -0.2) is 4.79 Å². The van der Waals surface area contributed by atoms with Gasteiger partial charge >= 0.3 is 5.97 Å². The van der Waals surface area contributed by atoms with Crippen molar-refractivity contribution in [2.75, 3.05) is 11.4 Å². The second-order valence-corrected chi connectivity index (χ2v) is 5.22. The Morgan fingerprint density at radius 1 is 1.35 bits per heavy atom. The molecule has 4 nitrogen and oxygen atoms in total. The molecule has 0 atom stereocenters. The number of hydrogen-bond donors (Lipinski definition) is 1. The summed E-state index contributed by atoms with van der Waals surface area (Å²) in [5.41, 5.74) is 1.90. The molecule has 2 rings (SSSR count). The number of nitrogens with zero attached hydrogens (tertiary/aromatic N) is 2. The van der Waals surface area contributed by atoms with Gasteiger partial charge in [0.2, 0.25) is 0 Å². The normalized spacial score (nSPS) is 10.3. The van der Waals surface area contributed by atoms with E-state index in [1.165, 1.54) is 0 Å². The minimum absolute atomic E-state index is 0.289. The predicted molar refractivity (Wildman–Crippen MR) is 82.1 cm³/mol. The molecule has 20 heavy (non-hydrogen) atoms. The van der Waals surface area contributed by atoms with Gasteiger partial charge in [0, 0.05) is 17.2 Å². The van der Waals surface area contributed by atoms with Crippen LogP contribution in [0.15, 0.2) is 47.1 Å². The Bertz CT molecular complexity index is 602. The molecule has 0 saturated carbocycles. The number of halogens is 1. The van der Waals surface area contributed by atoms with E-state index in [2.05, 4.69) is 20.9 Å². The molecule has 0 bridgehead atoms. The van der Waals surface area contributed by atoms with Gasteiger partial charge in [-0.05, 0) is 37.3 Å². The predicted octanol–water partition coefficient (Wildman–Crippen LogP) is 3.57. The zero-order chi connectivity index (χ0) is 14.5. The molecule has 1 N–H and O–H groups in total. The fourth-order valence-electron chi connectivity index (χ4n) is 2.01. The molecule has 0 spiro atoms. The highest BCUT2D eigenvalue weighted by atomic mass is 79.9. The molecule has 0 aliphatic rings. The molecule has 1 aromatic carbocycles. The highest BCUT2D eigenvalue weighted by Crippen LogP contribution is 2.25. The van der Waals surface area contributed by atoms with Gasteiger partial charge in [-0.2, -0.15) is 0 Å². The molecular formula is C15H15BrN2O2. The molecular weight excluding hydrogens is 320 g/mol. The van der Waals surface area contributed by atoms with Crippen LogP contribution in [0.25, 0.3) is 0 Å². The molecule has 1 aromatic heterocycles. The van der Waals surface area contributed by atoms with E-state index in [9.17, 15) is 9.90 Å². The highest BCUT2D eigenvalue weighted by Gasteiger charge is 2.16. The summed E-state index contributed by atoms with van der Waals surface area (Å²) < 4.78 is 0.757. The number of carbonyl (C=O) groups is 1. The van der Waals surface area contributed by atoms with E-state index in [4.69, 9.17) is 0 Å². The van der Waals surface area contributed by atoms with E-state index in [1.807, 2.05) is 42.2 Å². The summed E-state index contributed by atoms with van der Waals surface area (Å²) in [6.07, 6.45) is 1.74. The van der Waals surface area contributed by atoms with Crippen molar-refractivity contribution in [3.63, 3.8) is 0 Å². The van der Waals surface area contributed by atoms with Crippen LogP contribution in [0.4, 0.5) is 5.69 Å². The molecule has 0 unspecified atom stereocenters. The molecule has 0 saturated heterocycles. The summed E-state index contributed by atoms with van der Waals surface area (Å²) in [6, 6.07) is 11.0. The summed E-state index contributed by atoms with van der Waals surface area (Å²) in [7, 11) is 0. The lowest BCUT2D eigenvalue weighted by Gasteiger charge is -2.24. The average molecular weight is 335 g/mol. The highest BCUT2D eigenvalue weighted by molar-refractivity contribution is 9.10. The van der Waals surface area contributed by atoms with Gasteiger partial charge in [0.25, 0.3) is 0 Å². The lowest BCUT2D eigenvalue weighted by atomic mass is 10.1. The fraction of sp³-hybridized carbons (Fsp3) is 0.200. The zero-order valence-corrected chi connectivity index (χ0v) is 12.7. The topological polar surface area (TPSA) is 53.4 Å². The van der Waals surface area contributed by atoms with E-state index in [0.29, 0.717) is 18.8 Å². The van der Waals surface area contributed by atoms with E-state index in [-0.39, 0.29) is 5.56 Å². The summed E-state index contributed by atoms with van der Waals surface area (Å²) in [5.74, 6) is -0.930. The van der Waals surface area contributed by atoms with Gasteiger partial charge in [-0.1, -0.05) is 22.0 Å². The molecule has 0 fully saturated rings. The number of pyridine rings is 1. The minimum Gasteiger partial charge on any atom is -0.478 e. The molecule has 0 amide bonds. The van der Waals surface area contributed by atoms with Crippen LogP contribution in [0, 0.1) is 0 Å². The number of rotatable bonds is 5.